The number of carbonyl (C=O) groups is 2. The molecule has 0 bridgehead atoms. The first-order valence-corrected chi connectivity index (χ1v) is 8.89. The molecule has 0 heterocycles. The van der Waals surface area contributed by atoms with Crippen molar-refractivity contribution in [3.05, 3.63) is 59.4 Å². The number of ether oxygens (including phenoxy) is 3. The molecule has 0 aromatic heterocycles. The van der Waals surface area contributed by atoms with Crippen molar-refractivity contribution in [3.8, 4) is 11.5 Å². The smallest absolute Gasteiger partial charge is 0.307 e. The lowest BCUT2D eigenvalue weighted by atomic mass is 10.1. The average Bonchev–Trinajstić information content (AvgIpc) is 2.71. The highest BCUT2D eigenvalue weighted by molar-refractivity contribution is 5.95. The predicted octanol–water partition coefficient (Wildman–Crippen LogP) is 3.44. The Balaban J connectivity index is 2.26. The van der Waals surface area contributed by atoms with Gasteiger partial charge in [-0.1, -0.05) is 12.1 Å². The van der Waals surface area contributed by atoms with Crippen LogP contribution in [0.1, 0.15) is 29.3 Å². The van der Waals surface area contributed by atoms with Gasteiger partial charge in [-0.05, 0) is 36.8 Å². The largest absolute Gasteiger partial charge is 0.497 e. The second kappa shape index (κ2) is 10.3. The summed E-state index contributed by atoms with van der Waals surface area (Å²) in [6.45, 7) is 2.38. The molecule has 0 saturated carbocycles. The number of carbonyl (C=O) groups excluding carboxylic acids is 2. The third-order valence-corrected chi connectivity index (χ3v) is 4.06. The molecule has 0 spiro atoms. The molecule has 0 aliphatic rings. The minimum Gasteiger partial charge on any atom is -0.497 e. The van der Waals surface area contributed by atoms with E-state index in [2.05, 4.69) is 0 Å². The molecule has 7 heteroatoms. The fourth-order valence-electron chi connectivity index (χ4n) is 2.64. The van der Waals surface area contributed by atoms with Gasteiger partial charge in [0.2, 0.25) is 0 Å². The van der Waals surface area contributed by atoms with Crippen molar-refractivity contribution in [2.75, 3.05) is 27.4 Å². The number of amides is 1. The van der Waals surface area contributed by atoms with Crippen LogP contribution in [-0.2, 0) is 16.1 Å². The molecule has 150 valence electrons. The van der Waals surface area contributed by atoms with Crippen LogP contribution in [0.3, 0.4) is 0 Å². The van der Waals surface area contributed by atoms with Crippen molar-refractivity contribution in [2.24, 2.45) is 0 Å². The molecule has 28 heavy (non-hydrogen) atoms. The molecule has 0 N–H and O–H groups in total. The number of hydrogen-bond donors (Lipinski definition) is 0. The van der Waals surface area contributed by atoms with Crippen molar-refractivity contribution in [2.45, 2.75) is 19.9 Å². The first kappa shape index (κ1) is 21.2. The summed E-state index contributed by atoms with van der Waals surface area (Å²) in [6.07, 6.45) is 0.0574. The van der Waals surface area contributed by atoms with Gasteiger partial charge in [0.15, 0.2) is 0 Å². The van der Waals surface area contributed by atoms with Crippen LogP contribution < -0.4 is 9.47 Å². The standard InChI is InChI=1S/C21H24FNO5/c1-4-28-20(24)9-10-23(14-15-5-7-17(22)8-6-15)21(25)16-11-18(26-2)13-19(12-16)27-3/h5-8,11-13H,4,9-10,14H2,1-3H3. The van der Waals surface area contributed by atoms with Gasteiger partial charge in [-0.25, -0.2) is 4.39 Å². The Kier molecular flexibility index (Phi) is 7.80. The fraction of sp³-hybridized carbons (Fsp3) is 0.333. The highest BCUT2D eigenvalue weighted by atomic mass is 19.1. The van der Waals surface area contributed by atoms with E-state index in [-0.39, 0.29) is 43.8 Å². The van der Waals surface area contributed by atoms with Crippen LogP contribution in [0.25, 0.3) is 0 Å². The van der Waals surface area contributed by atoms with Crippen LogP contribution in [0.5, 0.6) is 11.5 Å². The molecule has 0 unspecified atom stereocenters. The van der Waals surface area contributed by atoms with Crippen LogP contribution in [-0.4, -0.2) is 44.1 Å². The summed E-state index contributed by atoms with van der Waals surface area (Å²) in [5.41, 5.74) is 1.11. The molecule has 0 radical (unpaired) electrons. The lowest BCUT2D eigenvalue weighted by Gasteiger charge is -2.23. The molecular weight excluding hydrogens is 365 g/mol. The van der Waals surface area contributed by atoms with Crippen molar-refractivity contribution in [1.29, 1.82) is 0 Å². The van der Waals surface area contributed by atoms with Crippen LogP contribution in [0.2, 0.25) is 0 Å². The topological polar surface area (TPSA) is 65.1 Å². The van der Waals surface area contributed by atoms with E-state index in [1.165, 1.54) is 31.3 Å². The third-order valence-electron chi connectivity index (χ3n) is 4.06. The van der Waals surface area contributed by atoms with E-state index < -0.39 is 0 Å². The Bertz CT molecular complexity index is 785. The Hall–Kier alpha value is -3.09. The molecular formula is C21H24FNO5. The molecule has 0 aliphatic heterocycles. The number of rotatable bonds is 9. The van der Waals surface area contributed by atoms with Gasteiger partial charge in [-0.3, -0.25) is 9.59 Å². The average molecular weight is 389 g/mol. The maximum absolute atomic E-state index is 13.2. The zero-order valence-corrected chi connectivity index (χ0v) is 16.2. The normalized spacial score (nSPS) is 10.3. The van der Waals surface area contributed by atoms with Crippen LogP contribution >= 0.6 is 0 Å². The fourth-order valence-corrected chi connectivity index (χ4v) is 2.64. The lowest BCUT2D eigenvalue weighted by Crippen LogP contribution is -2.33. The number of halogens is 1. The third kappa shape index (κ3) is 5.97. The zero-order valence-electron chi connectivity index (χ0n) is 16.2. The molecule has 2 rings (SSSR count). The molecule has 0 aliphatic carbocycles. The van der Waals surface area contributed by atoms with Crippen LogP contribution in [0.4, 0.5) is 4.39 Å². The van der Waals surface area contributed by atoms with Crippen molar-refractivity contribution < 1.29 is 28.2 Å². The summed E-state index contributed by atoms with van der Waals surface area (Å²) in [4.78, 5) is 26.4. The summed E-state index contributed by atoms with van der Waals surface area (Å²) in [7, 11) is 3.00. The van der Waals surface area contributed by atoms with Gasteiger partial charge < -0.3 is 19.1 Å². The van der Waals surface area contributed by atoms with E-state index in [4.69, 9.17) is 14.2 Å². The Morgan fingerprint density at radius 2 is 1.61 bits per heavy atom. The minimum absolute atomic E-state index is 0.0574. The SMILES string of the molecule is CCOC(=O)CCN(Cc1ccc(F)cc1)C(=O)c1cc(OC)cc(OC)c1. The highest BCUT2D eigenvalue weighted by Crippen LogP contribution is 2.24. The Labute approximate surface area is 163 Å². The zero-order chi connectivity index (χ0) is 20.5. The van der Waals surface area contributed by atoms with Gasteiger partial charge in [0.05, 0.1) is 27.2 Å². The van der Waals surface area contributed by atoms with Crippen molar-refractivity contribution in [3.63, 3.8) is 0 Å². The number of nitrogens with zero attached hydrogens (tertiary/aromatic N) is 1. The monoisotopic (exact) mass is 389 g/mol. The predicted molar refractivity (Wildman–Crippen MR) is 102 cm³/mol. The Morgan fingerprint density at radius 3 is 2.14 bits per heavy atom. The quantitative estimate of drug-likeness (QED) is 0.615. The van der Waals surface area contributed by atoms with Crippen molar-refractivity contribution >= 4 is 11.9 Å². The van der Waals surface area contributed by atoms with Crippen molar-refractivity contribution in [1.82, 2.24) is 4.90 Å². The van der Waals surface area contributed by atoms with E-state index in [0.717, 1.165) is 5.56 Å². The summed E-state index contributed by atoms with van der Waals surface area (Å²) in [5, 5.41) is 0. The molecule has 1 amide bonds. The first-order valence-electron chi connectivity index (χ1n) is 8.89. The van der Waals surface area contributed by atoms with Crippen LogP contribution in [0.15, 0.2) is 42.5 Å². The van der Waals surface area contributed by atoms with E-state index in [0.29, 0.717) is 17.1 Å². The lowest BCUT2D eigenvalue weighted by molar-refractivity contribution is -0.143. The summed E-state index contributed by atoms with van der Waals surface area (Å²) < 4.78 is 28.6. The summed E-state index contributed by atoms with van der Waals surface area (Å²) in [6, 6.07) is 10.7. The summed E-state index contributed by atoms with van der Waals surface area (Å²) >= 11 is 0. The molecule has 2 aromatic carbocycles. The van der Waals surface area contributed by atoms with Gasteiger partial charge >= 0.3 is 5.97 Å². The number of benzene rings is 2. The van der Waals surface area contributed by atoms with Gasteiger partial charge in [0, 0.05) is 24.7 Å². The maximum atomic E-state index is 13.2. The van der Waals surface area contributed by atoms with Gasteiger partial charge in [-0.15, -0.1) is 0 Å². The second-order valence-corrected chi connectivity index (χ2v) is 6.01. The molecule has 0 fully saturated rings. The van der Waals surface area contributed by atoms with E-state index in [9.17, 15) is 14.0 Å². The Morgan fingerprint density at radius 1 is 1.00 bits per heavy atom. The van der Waals surface area contributed by atoms with Gasteiger partial charge in [0.25, 0.3) is 5.91 Å². The van der Waals surface area contributed by atoms with E-state index in [1.807, 2.05) is 0 Å². The number of esters is 1. The molecule has 0 atom stereocenters. The summed E-state index contributed by atoms with van der Waals surface area (Å²) in [5.74, 6) is -0.0798. The van der Waals surface area contributed by atoms with E-state index in [1.54, 1.807) is 37.3 Å². The van der Waals surface area contributed by atoms with Crippen LogP contribution in [0, 0.1) is 5.82 Å². The van der Waals surface area contributed by atoms with E-state index >= 15 is 0 Å². The highest BCUT2D eigenvalue weighted by Gasteiger charge is 2.19. The maximum Gasteiger partial charge on any atom is 0.307 e. The van der Waals surface area contributed by atoms with Gasteiger partial charge in [-0.2, -0.15) is 0 Å². The minimum atomic E-state index is -0.386. The second-order valence-electron chi connectivity index (χ2n) is 6.01. The number of methoxy groups -OCH3 is 2. The molecule has 6 nitrogen and oxygen atoms in total. The van der Waals surface area contributed by atoms with Gasteiger partial charge in [0.1, 0.15) is 17.3 Å². The number of hydrogen-bond acceptors (Lipinski definition) is 5. The first-order chi connectivity index (χ1) is 13.5. The molecule has 0 saturated heterocycles. The molecule has 2 aromatic rings.